The molecular formula is C15H26N4O3S. The van der Waals surface area contributed by atoms with E-state index in [9.17, 15) is 13.2 Å². The first-order valence-corrected chi connectivity index (χ1v) is 9.94. The molecule has 1 amide bonds. The van der Waals surface area contributed by atoms with E-state index in [2.05, 4.69) is 17.2 Å². The highest BCUT2D eigenvalue weighted by molar-refractivity contribution is 7.88. The lowest BCUT2D eigenvalue weighted by atomic mass is 9.98. The van der Waals surface area contributed by atoms with Crippen LogP contribution in [0.15, 0.2) is 12.4 Å². The first-order valence-electron chi connectivity index (χ1n) is 8.09. The summed E-state index contributed by atoms with van der Waals surface area (Å²) in [6.45, 7) is 5.13. The molecule has 0 bridgehead atoms. The van der Waals surface area contributed by atoms with E-state index in [1.165, 1.54) is 10.6 Å². The maximum absolute atomic E-state index is 12.3. The minimum atomic E-state index is -3.22. The van der Waals surface area contributed by atoms with Crippen LogP contribution in [0.2, 0.25) is 0 Å². The molecule has 0 aliphatic carbocycles. The lowest BCUT2D eigenvalue weighted by molar-refractivity contribution is -0.122. The largest absolute Gasteiger partial charge is 0.350 e. The van der Waals surface area contributed by atoms with Gasteiger partial charge in [0, 0.05) is 37.9 Å². The molecule has 1 saturated heterocycles. The third-order valence-electron chi connectivity index (χ3n) is 4.31. The van der Waals surface area contributed by atoms with Gasteiger partial charge in [-0.05, 0) is 12.3 Å². The van der Waals surface area contributed by atoms with E-state index in [-0.39, 0.29) is 24.4 Å². The molecule has 130 valence electrons. The van der Waals surface area contributed by atoms with Crippen LogP contribution in [0, 0.1) is 5.92 Å². The molecule has 1 N–H and O–H groups in total. The average molecular weight is 342 g/mol. The first-order chi connectivity index (χ1) is 10.8. The monoisotopic (exact) mass is 342 g/mol. The lowest BCUT2D eigenvalue weighted by Gasteiger charge is -2.19. The fourth-order valence-electron chi connectivity index (χ4n) is 3.13. The predicted molar refractivity (Wildman–Crippen MR) is 88.4 cm³/mol. The van der Waals surface area contributed by atoms with Crippen molar-refractivity contribution in [2.45, 2.75) is 45.7 Å². The van der Waals surface area contributed by atoms with Crippen molar-refractivity contribution in [3.8, 4) is 0 Å². The molecule has 1 aromatic heterocycles. The Kier molecular flexibility index (Phi) is 5.80. The van der Waals surface area contributed by atoms with Crippen LogP contribution in [0.5, 0.6) is 0 Å². The Morgan fingerprint density at radius 3 is 2.74 bits per heavy atom. The summed E-state index contributed by atoms with van der Waals surface area (Å²) in [7, 11) is -3.22. The minimum Gasteiger partial charge on any atom is -0.350 e. The van der Waals surface area contributed by atoms with Crippen molar-refractivity contribution in [1.82, 2.24) is 19.2 Å². The van der Waals surface area contributed by atoms with Crippen LogP contribution in [-0.2, 0) is 27.8 Å². The van der Waals surface area contributed by atoms with Crippen molar-refractivity contribution in [3.63, 3.8) is 0 Å². The molecule has 2 heterocycles. The Balaban J connectivity index is 2.00. The fourth-order valence-corrected chi connectivity index (χ4v) is 4.03. The van der Waals surface area contributed by atoms with Crippen LogP contribution in [0.3, 0.4) is 0 Å². The van der Waals surface area contributed by atoms with E-state index in [4.69, 9.17) is 0 Å². The van der Waals surface area contributed by atoms with E-state index in [1.807, 2.05) is 11.5 Å². The van der Waals surface area contributed by atoms with Crippen LogP contribution in [-0.4, -0.2) is 53.6 Å². The van der Waals surface area contributed by atoms with Crippen molar-refractivity contribution >= 4 is 15.9 Å². The van der Waals surface area contributed by atoms with Gasteiger partial charge < -0.3 is 9.88 Å². The first kappa shape index (κ1) is 17.9. The Labute approximate surface area is 138 Å². The van der Waals surface area contributed by atoms with E-state index in [0.717, 1.165) is 25.1 Å². The number of carbonyl (C=O) groups excluding carboxylic acids is 1. The molecule has 1 aliphatic heterocycles. The maximum atomic E-state index is 12.3. The zero-order valence-corrected chi connectivity index (χ0v) is 14.8. The van der Waals surface area contributed by atoms with Crippen LogP contribution in [0.25, 0.3) is 0 Å². The molecule has 1 fully saturated rings. The summed E-state index contributed by atoms with van der Waals surface area (Å²) in [5, 5.41) is 3.01. The average Bonchev–Trinajstić information content (AvgIpc) is 3.06. The fraction of sp³-hybridized carbons (Fsp3) is 0.733. The summed E-state index contributed by atoms with van der Waals surface area (Å²) in [4.78, 5) is 16.5. The van der Waals surface area contributed by atoms with E-state index in [0.29, 0.717) is 13.1 Å². The van der Waals surface area contributed by atoms with Crippen LogP contribution < -0.4 is 5.32 Å². The number of aryl methyl sites for hydroxylation is 1. The van der Waals surface area contributed by atoms with Gasteiger partial charge in [-0.1, -0.05) is 20.3 Å². The predicted octanol–water partition coefficient (Wildman–Crippen LogP) is 0.622. The lowest BCUT2D eigenvalue weighted by Crippen LogP contribution is -2.42. The Morgan fingerprint density at radius 1 is 1.39 bits per heavy atom. The summed E-state index contributed by atoms with van der Waals surface area (Å²) >= 11 is 0. The highest BCUT2D eigenvalue weighted by atomic mass is 32.2. The molecule has 0 unspecified atom stereocenters. The SMILES string of the molecule is CCC[C@@H]1CN(S(C)(=O)=O)C[C@H]1NC(=O)Cn1ccnc1CC. The van der Waals surface area contributed by atoms with Gasteiger partial charge in [-0.2, -0.15) is 4.31 Å². The van der Waals surface area contributed by atoms with E-state index < -0.39 is 10.0 Å². The topological polar surface area (TPSA) is 84.3 Å². The number of aromatic nitrogens is 2. The molecule has 2 rings (SSSR count). The van der Waals surface area contributed by atoms with Gasteiger partial charge in [0.2, 0.25) is 15.9 Å². The number of nitrogens with zero attached hydrogens (tertiary/aromatic N) is 3. The molecule has 23 heavy (non-hydrogen) atoms. The molecule has 0 spiro atoms. The number of rotatable bonds is 7. The number of imidazole rings is 1. The zero-order chi connectivity index (χ0) is 17.0. The van der Waals surface area contributed by atoms with Crippen molar-refractivity contribution in [1.29, 1.82) is 0 Å². The van der Waals surface area contributed by atoms with Gasteiger partial charge in [0.25, 0.3) is 0 Å². The zero-order valence-electron chi connectivity index (χ0n) is 14.0. The van der Waals surface area contributed by atoms with E-state index >= 15 is 0 Å². The standard InChI is InChI=1S/C15H26N4O3S/c1-4-6-12-9-19(23(3,21)22)10-13(12)17-15(20)11-18-8-7-16-14(18)5-2/h7-8,12-13H,4-6,9-11H2,1-3H3,(H,17,20)/t12-,13-/m1/s1. The van der Waals surface area contributed by atoms with E-state index in [1.54, 1.807) is 12.4 Å². The summed E-state index contributed by atoms with van der Waals surface area (Å²) in [5.74, 6) is 0.945. The van der Waals surface area contributed by atoms with Crippen molar-refractivity contribution in [2.24, 2.45) is 5.92 Å². The molecular weight excluding hydrogens is 316 g/mol. The molecule has 7 nitrogen and oxygen atoms in total. The van der Waals surface area contributed by atoms with Crippen LogP contribution in [0.1, 0.15) is 32.5 Å². The molecule has 0 radical (unpaired) electrons. The normalized spacial score (nSPS) is 22.4. The quantitative estimate of drug-likeness (QED) is 0.787. The van der Waals surface area contributed by atoms with Gasteiger partial charge in [0.1, 0.15) is 12.4 Å². The van der Waals surface area contributed by atoms with Crippen LogP contribution in [0.4, 0.5) is 0 Å². The Hall–Kier alpha value is -1.41. The van der Waals surface area contributed by atoms with Crippen molar-refractivity contribution in [2.75, 3.05) is 19.3 Å². The third-order valence-corrected chi connectivity index (χ3v) is 5.55. The van der Waals surface area contributed by atoms with Gasteiger partial charge in [0.05, 0.1) is 6.26 Å². The Bertz CT molecular complexity index is 641. The molecule has 1 aromatic rings. The summed E-state index contributed by atoms with van der Waals surface area (Å²) in [6.07, 6.45) is 7.34. The number of hydrogen-bond acceptors (Lipinski definition) is 4. The second kappa shape index (κ2) is 7.44. The molecule has 0 saturated carbocycles. The third kappa shape index (κ3) is 4.54. The summed E-state index contributed by atoms with van der Waals surface area (Å²) in [6, 6.07) is -0.120. The number of amides is 1. The molecule has 2 atom stereocenters. The second-order valence-electron chi connectivity index (χ2n) is 6.13. The van der Waals surface area contributed by atoms with Crippen molar-refractivity contribution < 1.29 is 13.2 Å². The maximum Gasteiger partial charge on any atom is 0.240 e. The summed E-state index contributed by atoms with van der Waals surface area (Å²) < 4.78 is 26.8. The van der Waals surface area contributed by atoms with Gasteiger partial charge in [0.15, 0.2) is 0 Å². The Morgan fingerprint density at radius 2 is 2.13 bits per heavy atom. The molecule has 8 heteroatoms. The van der Waals surface area contributed by atoms with Crippen molar-refractivity contribution in [3.05, 3.63) is 18.2 Å². The molecule has 0 aromatic carbocycles. The van der Waals surface area contributed by atoms with Gasteiger partial charge in [-0.3, -0.25) is 4.79 Å². The smallest absolute Gasteiger partial charge is 0.240 e. The highest BCUT2D eigenvalue weighted by Gasteiger charge is 2.37. The van der Waals surface area contributed by atoms with Gasteiger partial charge in [-0.25, -0.2) is 13.4 Å². The number of hydrogen-bond donors (Lipinski definition) is 1. The number of sulfonamides is 1. The summed E-state index contributed by atoms with van der Waals surface area (Å²) in [5.41, 5.74) is 0. The van der Waals surface area contributed by atoms with Crippen LogP contribution >= 0.6 is 0 Å². The minimum absolute atomic E-state index is 0.0980. The number of carbonyl (C=O) groups is 1. The number of nitrogens with one attached hydrogen (secondary N) is 1. The highest BCUT2D eigenvalue weighted by Crippen LogP contribution is 2.23. The van der Waals surface area contributed by atoms with Gasteiger partial charge in [-0.15, -0.1) is 0 Å². The molecule has 1 aliphatic rings. The van der Waals surface area contributed by atoms with Gasteiger partial charge >= 0.3 is 0 Å². The second-order valence-corrected chi connectivity index (χ2v) is 8.11.